The molecule has 1 amide bonds. The monoisotopic (exact) mass is 393 g/mol. The molecule has 0 bridgehead atoms. The van der Waals surface area contributed by atoms with Crippen molar-refractivity contribution in [2.45, 2.75) is 12.8 Å². The maximum Gasteiger partial charge on any atom is 0.394 e. The predicted octanol–water partition coefficient (Wildman–Crippen LogP) is 2.13. The largest absolute Gasteiger partial charge is 0.481 e. The van der Waals surface area contributed by atoms with Gasteiger partial charge in [-0.15, -0.1) is 0 Å². The first-order valence-corrected chi connectivity index (χ1v) is 7.88. The summed E-state index contributed by atoms with van der Waals surface area (Å²) in [5.41, 5.74) is 5.37. The molecule has 2 rings (SSSR count). The predicted molar refractivity (Wildman–Crippen MR) is 95.6 cm³/mol. The van der Waals surface area contributed by atoms with Crippen molar-refractivity contribution in [2.24, 2.45) is 5.73 Å². The van der Waals surface area contributed by atoms with Crippen molar-refractivity contribution >= 4 is 35.4 Å². The lowest BCUT2D eigenvalue weighted by atomic mass is 10.1. The fourth-order valence-electron chi connectivity index (χ4n) is 1.76. The molecule has 0 aliphatic heterocycles. The number of carboxylic acid groups (broad SMARTS) is 2. The van der Waals surface area contributed by atoms with Crippen molar-refractivity contribution in [1.29, 1.82) is 0 Å². The lowest BCUT2D eigenvalue weighted by molar-refractivity contribution is -0.148. The van der Waals surface area contributed by atoms with Crippen LogP contribution in [0.1, 0.15) is 22.3 Å². The second kappa shape index (κ2) is 10.6. The molecule has 2 aromatic rings. The van der Waals surface area contributed by atoms with Gasteiger partial charge >= 0.3 is 23.8 Å². The van der Waals surface area contributed by atoms with Gasteiger partial charge in [0, 0.05) is 6.42 Å². The summed E-state index contributed by atoms with van der Waals surface area (Å²) in [5, 5.41) is 16.5. The summed E-state index contributed by atoms with van der Waals surface area (Å²) in [6.07, 6.45) is 0.507. The molecule has 9 heteroatoms. The van der Waals surface area contributed by atoms with Gasteiger partial charge < -0.3 is 20.7 Å². The van der Waals surface area contributed by atoms with E-state index in [1.807, 2.05) is 0 Å². The third-order valence-electron chi connectivity index (χ3n) is 3.07. The maximum absolute atomic E-state index is 12.0. The molecule has 0 aliphatic rings. The van der Waals surface area contributed by atoms with Gasteiger partial charge in [0.1, 0.15) is 5.75 Å². The van der Waals surface area contributed by atoms with Crippen molar-refractivity contribution in [3.63, 3.8) is 0 Å². The number of rotatable bonds is 5. The molecule has 4 N–H and O–H groups in total. The van der Waals surface area contributed by atoms with Gasteiger partial charge in [-0.3, -0.25) is 9.59 Å². The van der Waals surface area contributed by atoms with E-state index < -0.39 is 23.8 Å². The SMILES string of the molecule is NC(=O)C(=O)O.O=C(O)CCc1ccc(OC(=O)c2ccccc2Cl)cc1. The Bertz CT molecular complexity index is 822. The number of hydrogen-bond donors (Lipinski definition) is 3. The van der Waals surface area contributed by atoms with E-state index in [2.05, 4.69) is 5.73 Å². The third kappa shape index (κ3) is 8.02. The highest BCUT2D eigenvalue weighted by Crippen LogP contribution is 2.19. The van der Waals surface area contributed by atoms with Crippen LogP contribution in [0, 0.1) is 0 Å². The van der Waals surface area contributed by atoms with Crippen LogP contribution in [0.2, 0.25) is 5.02 Å². The molecule has 0 fully saturated rings. The first-order valence-electron chi connectivity index (χ1n) is 7.51. The quantitative estimate of drug-likeness (QED) is 0.401. The van der Waals surface area contributed by atoms with Crippen LogP contribution < -0.4 is 10.5 Å². The molecule has 0 radical (unpaired) electrons. The minimum absolute atomic E-state index is 0.0682. The molecule has 0 spiro atoms. The van der Waals surface area contributed by atoms with E-state index in [1.54, 1.807) is 48.5 Å². The van der Waals surface area contributed by atoms with Crippen LogP contribution in [0.5, 0.6) is 5.75 Å². The number of aliphatic carboxylic acids is 2. The Morgan fingerprint density at radius 1 is 0.963 bits per heavy atom. The highest BCUT2D eigenvalue weighted by Gasteiger charge is 2.12. The molecule has 2 aromatic carbocycles. The van der Waals surface area contributed by atoms with Gasteiger partial charge in [-0.25, -0.2) is 9.59 Å². The maximum atomic E-state index is 12.0. The van der Waals surface area contributed by atoms with Crippen molar-refractivity contribution in [1.82, 2.24) is 0 Å². The molecule has 0 aliphatic carbocycles. The van der Waals surface area contributed by atoms with Crippen LogP contribution in [0.15, 0.2) is 48.5 Å². The fraction of sp³-hybridized carbons (Fsp3) is 0.111. The summed E-state index contributed by atoms with van der Waals surface area (Å²) < 4.78 is 5.22. The Morgan fingerprint density at radius 3 is 2.00 bits per heavy atom. The van der Waals surface area contributed by atoms with Gasteiger partial charge in [0.2, 0.25) is 0 Å². The van der Waals surface area contributed by atoms with Gasteiger partial charge in [0.05, 0.1) is 10.6 Å². The molecule has 27 heavy (non-hydrogen) atoms. The van der Waals surface area contributed by atoms with E-state index >= 15 is 0 Å². The Labute approximate surface area is 159 Å². The minimum atomic E-state index is -1.60. The standard InChI is InChI=1S/C16H13ClO4.C2H3NO3/c17-14-4-2-1-3-13(14)16(20)21-12-8-5-11(6-9-12)7-10-15(18)19;3-1(4)2(5)6/h1-6,8-9H,7,10H2,(H,18,19);(H2,3,4)(H,5,6). The number of benzene rings is 2. The summed E-state index contributed by atoms with van der Waals surface area (Å²) in [6, 6.07) is 13.4. The van der Waals surface area contributed by atoms with Crippen LogP contribution in [0.25, 0.3) is 0 Å². The zero-order valence-electron chi connectivity index (χ0n) is 13.9. The fourth-order valence-corrected chi connectivity index (χ4v) is 1.98. The van der Waals surface area contributed by atoms with E-state index in [0.717, 1.165) is 5.56 Å². The second-order valence-electron chi connectivity index (χ2n) is 5.08. The third-order valence-corrected chi connectivity index (χ3v) is 3.40. The number of nitrogens with two attached hydrogens (primary N) is 1. The molecule has 0 aromatic heterocycles. The van der Waals surface area contributed by atoms with Gasteiger partial charge in [-0.2, -0.15) is 0 Å². The van der Waals surface area contributed by atoms with Crippen LogP contribution in [-0.2, 0) is 20.8 Å². The lowest BCUT2D eigenvalue weighted by Crippen LogP contribution is -2.21. The molecular weight excluding hydrogens is 378 g/mol. The van der Waals surface area contributed by atoms with Crippen molar-refractivity contribution < 1.29 is 34.1 Å². The second-order valence-corrected chi connectivity index (χ2v) is 5.48. The van der Waals surface area contributed by atoms with E-state index in [-0.39, 0.29) is 6.42 Å². The number of ether oxygens (including phenoxy) is 1. The topological polar surface area (TPSA) is 144 Å². The number of carbonyl (C=O) groups excluding carboxylic acids is 2. The summed E-state index contributed by atoms with van der Waals surface area (Å²) in [5.74, 6) is -3.91. The molecule has 0 saturated heterocycles. The van der Waals surface area contributed by atoms with E-state index in [1.165, 1.54) is 0 Å². The number of carbonyl (C=O) groups is 4. The number of halogens is 1. The lowest BCUT2D eigenvalue weighted by Gasteiger charge is -2.06. The molecule has 0 unspecified atom stereocenters. The molecule has 0 atom stereocenters. The van der Waals surface area contributed by atoms with Gasteiger partial charge in [0.25, 0.3) is 0 Å². The first kappa shape index (κ1) is 21.7. The Morgan fingerprint density at radius 2 is 1.52 bits per heavy atom. The zero-order valence-corrected chi connectivity index (χ0v) is 14.7. The summed E-state index contributed by atoms with van der Waals surface area (Å²) in [4.78, 5) is 41.0. The van der Waals surface area contributed by atoms with Crippen LogP contribution >= 0.6 is 11.6 Å². The summed E-state index contributed by atoms with van der Waals surface area (Å²) in [7, 11) is 0. The molecule has 8 nitrogen and oxygen atoms in total. The highest BCUT2D eigenvalue weighted by atomic mass is 35.5. The number of carboxylic acids is 2. The van der Waals surface area contributed by atoms with Crippen LogP contribution in [-0.4, -0.2) is 34.0 Å². The van der Waals surface area contributed by atoms with E-state index in [4.69, 9.17) is 26.6 Å². The number of aryl methyl sites for hydroxylation is 1. The first-order chi connectivity index (χ1) is 12.7. The number of primary amides is 1. The van der Waals surface area contributed by atoms with Crippen LogP contribution in [0.4, 0.5) is 0 Å². The van der Waals surface area contributed by atoms with Gasteiger partial charge in [-0.1, -0.05) is 35.9 Å². The van der Waals surface area contributed by atoms with Gasteiger partial charge in [0.15, 0.2) is 0 Å². The number of hydrogen-bond acceptors (Lipinski definition) is 5. The van der Waals surface area contributed by atoms with Crippen molar-refractivity contribution in [3.05, 3.63) is 64.7 Å². The van der Waals surface area contributed by atoms with Crippen molar-refractivity contribution in [3.8, 4) is 5.75 Å². The summed E-state index contributed by atoms with van der Waals surface area (Å²) in [6.45, 7) is 0. The number of amides is 1. The van der Waals surface area contributed by atoms with Crippen molar-refractivity contribution in [2.75, 3.05) is 0 Å². The van der Waals surface area contributed by atoms with E-state index in [0.29, 0.717) is 22.8 Å². The molecular formula is C18H16ClNO7. The Balaban J connectivity index is 0.000000527. The molecule has 0 heterocycles. The van der Waals surface area contributed by atoms with E-state index in [9.17, 15) is 19.2 Å². The minimum Gasteiger partial charge on any atom is -0.481 e. The molecule has 0 saturated carbocycles. The van der Waals surface area contributed by atoms with Crippen LogP contribution in [0.3, 0.4) is 0 Å². The smallest absolute Gasteiger partial charge is 0.394 e. The Kier molecular flexibility index (Phi) is 8.47. The Hall–Kier alpha value is -3.39. The average molecular weight is 394 g/mol. The van der Waals surface area contributed by atoms with Gasteiger partial charge in [-0.05, 0) is 36.2 Å². The number of esters is 1. The average Bonchev–Trinajstić information content (AvgIpc) is 2.61. The molecule has 142 valence electrons. The zero-order chi connectivity index (χ0) is 20.4. The highest BCUT2D eigenvalue weighted by molar-refractivity contribution is 6.33. The normalized spacial score (nSPS) is 9.52. The summed E-state index contributed by atoms with van der Waals surface area (Å²) >= 11 is 5.93.